The molecule has 2 aliphatic rings. The molecule has 1 N–H and O–H groups in total. The van der Waals surface area contributed by atoms with Crippen LogP contribution in [0.3, 0.4) is 0 Å². The highest BCUT2D eigenvalue weighted by Gasteiger charge is 2.23. The van der Waals surface area contributed by atoms with E-state index < -0.39 is 0 Å². The molecule has 2 aliphatic heterocycles. The molecule has 10 nitrogen and oxygen atoms in total. The molecule has 10 heteroatoms. The highest BCUT2D eigenvalue weighted by Crippen LogP contribution is 2.36. The van der Waals surface area contributed by atoms with Crippen molar-refractivity contribution in [2.75, 3.05) is 43.6 Å². The van der Waals surface area contributed by atoms with E-state index in [1.165, 1.54) is 5.56 Å². The minimum absolute atomic E-state index is 0.102. The summed E-state index contributed by atoms with van der Waals surface area (Å²) in [5.41, 5.74) is 6.74. The number of tetrazole rings is 1. The number of para-hydroxylation sites is 1. The van der Waals surface area contributed by atoms with Crippen molar-refractivity contribution in [1.29, 1.82) is 0 Å². The summed E-state index contributed by atoms with van der Waals surface area (Å²) < 4.78 is 13.1. The van der Waals surface area contributed by atoms with Crippen molar-refractivity contribution >= 4 is 23.4 Å². The van der Waals surface area contributed by atoms with E-state index in [0.717, 1.165) is 72.2 Å². The summed E-state index contributed by atoms with van der Waals surface area (Å²) in [6.45, 7) is 6.27. The fourth-order valence-electron chi connectivity index (χ4n) is 6.09. The van der Waals surface area contributed by atoms with Crippen LogP contribution in [0, 0.1) is 0 Å². The molecule has 45 heavy (non-hydrogen) atoms. The van der Waals surface area contributed by atoms with Crippen LogP contribution in [0.1, 0.15) is 43.1 Å². The topological polar surface area (TPSA) is 97.6 Å². The predicted molar refractivity (Wildman–Crippen MR) is 176 cm³/mol. The molecule has 3 heterocycles. The Labute approximate surface area is 264 Å². The van der Waals surface area contributed by atoms with Crippen LogP contribution >= 0.6 is 0 Å². The molecule has 1 saturated heterocycles. The van der Waals surface area contributed by atoms with Crippen LogP contribution in [0.2, 0.25) is 0 Å². The summed E-state index contributed by atoms with van der Waals surface area (Å²) in [6.07, 6.45) is 4.72. The molecule has 6 rings (SSSR count). The minimum atomic E-state index is -0.102. The maximum Gasteiger partial charge on any atom is 0.251 e. The molecule has 3 aromatic carbocycles. The molecular formula is C35H41N7O3. The first kappa shape index (κ1) is 30.5. The van der Waals surface area contributed by atoms with Gasteiger partial charge in [0, 0.05) is 61.9 Å². The molecule has 4 aromatic rings. The summed E-state index contributed by atoms with van der Waals surface area (Å²) >= 11 is 0. The molecule has 0 radical (unpaired) electrons. The zero-order chi connectivity index (χ0) is 31.2. The third-order valence-electron chi connectivity index (χ3n) is 8.64. The summed E-state index contributed by atoms with van der Waals surface area (Å²) in [5, 5.41) is 15.2. The Bertz CT molecular complexity index is 1640. The zero-order valence-corrected chi connectivity index (χ0v) is 26.3. The van der Waals surface area contributed by atoms with Gasteiger partial charge in [-0.3, -0.25) is 9.69 Å². The van der Waals surface area contributed by atoms with Crippen LogP contribution in [0.5, 0.6) is 5.75 Å². The fourth-order valence-corrected chi connectivity index (χ4v) is 6.09. The van der Waals surface area contributed by atoms with Gasteiger partial charge in [0.2, 0.25) is 0 Å². The predicted octanol–water partition coefficient (Wildman–Crippen LogP) is 5.32. The van der Waals surface area contributed by atoms with Gasteiger partial charge in [-0.2, -0.15) is 0 Å². The molecule has 0 aliphatic carbocycles. The summed E-state index contributed by atoms with van der Waals surface area (Å²) in [4.78, 5) is 18.3. The molecule has 0 bridgehead atoms. The second kappa shape index (κ2) is 14.0. The maximum absolute atomic E-state index is 13.7. The van der Waals surface area contributed by atoms with Crippen LogP contribution in [0.15, 0.2) is 72.3 Å². The van der Waals surface area contributed by atoms with Crippen molar-refractivity contribution in [2.24, 2.45) is 7.05 Å². The smallest absolute Gasteiger partial charge is 0.251 e. The fraction of sp³-hybridized carbons (Fsp3) is 0.371. The number of rotatable bonds is 10. The van der Waals surface area contributed by atoms with Crippen molar-refractivity contribution < 1.29 is 14.3 Å². The Morgan fingerprint density at radius 1 is 1.09 bits per heavy atom. The molecule has 0 spiro atoms. The van der Waals surface area contributed by atoms with Gasteiger partial charge in [0.15, 0.2) is 5.82 Å². The van der Waals surface area contributed by atoms with Gasteiger partial charge < -0.3 is 19.7 Å². The van der Waals surface area contributed by atoms with Gasteiger partial charge >= 0.3 is 0 Å². The Hall–Kier alpha value is -4.54. The van der Waals surface area contributed by atoms with Gasteiger partial charge in [0.05, 0.1) is 13.2 Å². The van der Waals surface area contributed by atoms with E-state index in [1.807, 2.05) is 50.4 Å². The van der Waals surface area contributed by atoms with Gasteiger partial charge in [-0.1, -0.05) is 36.4 Å². The van der Waals surface area contributed by atoms with Crippen LogP contribution in [0.4, 0.5) is 11.4 Å². The second-order valence-corrected chi connectivity index (χ2v) is 11.7. The third-order valence-corrected chi connectivity index (χ3v) is 8.64. The van der Waals surface area contributed by atoms with Gasteiger partial charge in [-0.15, -0.1) is 5.10 Å². The SMILES string of the molecule is CCOc1ccccc1-c1ccc2c(c1)C=C(C(=O)Nc1ccc(CN(C)C3CCOCC3)cc1)CCN2Cc1nnnn1C. The number of benzene rings is 3. The first-order valence-corrected chi connectivity index (χ1v) is 15.7. The molecular weight excluding hydrogens is 566 g/mol. The van der Waals surface area contributed by atoms with Gasteiger partial charge in [0.25, 0.3) is 5.91 Å². The summed E-state index contributed by atoms with van der Waals surface area (Å²) in [7, 11) is 4.01. The first-order valence-electron chi connectivity index (χ1n) is 15.7. The minimum Gasteiger partial charge on any atom is -0.493 e. The Balaban J connectivity index is 1.23. The van der Waals surface area contributed by atoms with E-state index in [9.17, 15) is 4.79 Å². The number of nitrogens with zero attached hydrogens (tertiary/aromatic N) is 6. The van der Waals surface area contributed by atoms with Gasteiger partial charge in [-0.05, 0) is 96.8 Å². The highest BCUT2D eigenvalue weighted by molar-refractivity contribution is 6.07. The van der Waals surface area contributed by atoms with E-state index in [4.69, 9.17) is 9.47 Å². The quantitative estimate of drug-likeness (QED) is 0.259. The van der Waals surface area contributed by atoms with Gasteiger partial charge in [-0.25, -0.2) is 4.68 Å². The van der Waals surface area contributed by atoms with Crippen molar-refractivity contribution in [1.82, 2.24) is 25.1 Å². The molecule has 234 valence electrons. The molecule has 0 unspecified atom stereocenters. The summed E-state index contributed by atoms with van der Waals surface area (Å²) in [5.74, 6) is 1.48. The number of fused-ring (bicyclic) bond motifs is 1. The zero-order valence-electron chi connectivity index (χ0n) is 26.3. The van der Waals surface area contributed by atoms with Gasteiger partial charge in [0.1, 0.15) is 5.75 Å². The number of nitrogens with one attached hydrogen (secondary N) is 1. The van der Waals surface area contributed by atoms with Crippen molar-refractivity contribution in [3.8, 4) is 16.9 Å². The first-order chi connectivity index (χ1) is 22.0. The average molecular weight is 608 g/mol. The van der Waals surface area contributed by atoms with Crippen LogP contribution < -0.4 is 15.0 Å². The van der Waals surface area contributed by atoms with E-state index in [2.05, 4.69) is 74.1 Å². The lowest BCUT2D eigenvalue weighted by Gasteiger charge is -2.31. The lowest BCUT2D eigenvalue weighted by Crippen LogP contribution is -2.36. The second-order valence-electron chi connectivity index (χ2n) is 11.7. The van der Waals surface area contributed by atoms with Crippen LogP contribution in [-0.4, -0.2) is 70.5 Å². The lowest BCUT2D eigenvalue weighted by molar-refractivity contribution is -0.112. The van der Waals surface area contributed by atoms with Crippen molar-refractivity contribution in [2.45, 2.75) is 45.3 Å². The Morgan fingerprint density at radius 3 is 2.64 bits per heavy atom. The number of hydrogen-bond donors (Lipinski definition) is 1. The maximum atomic E-state index is 13.7. The molecule has 0 saturated carbocycles. The number of amides is 1. The number of anilines is 2. The number of aromatic nitrogens is 4. The van der Waals surface area contributed by atoms with E-state index >= 15 is 0 Å². The van der Waals surface area contributed by atoms with Crippen LogP contribution in [-0.2, 0) is 29.7 Å². The number of hydrogen-bond acceptors (Lipinski definition) is 8. The number of aryl methyl sites for hydroxylation is 1. The largest absolute Gasteiger partial charge is 0.493 e. The van der Waals surface area contributed by atoms with Crippen LogP contribution in [0.25, 0.3) is 17.2 Å². The Kier molecular flexibility index (Phi) is 9.52. The number of ether oxygens (including phenoxy) is 2. The molecule has 1 amide bonds. The summed E-state index contributed by atoms with van der Waals surface area (Å²) in [6, 6.07) is 23.1. The highest BCUT2D eigenvalue weighted by atomic mass is 16.5. The van der Waals surface area contributed by atoms with Crippen molar-refractivity contribution in [3.63, 3.8) is 0 Å². The van der Waals surface area contributed by atoms with E-state index in [1.54, 1.807) is 4.68 Å². The van der Waals surface area contributed by atoms with E-state index in [-0.39, 0.29) is 5.91 Å². The lowest BCUT2D eigenvalue weighted by atomic mass is 9.99. The number of carbonyl (C=O) groups excluding carboxylic acids is 1. The van der Waals surface area contributed by atoms with E-state index in [0.29, 0.717) is 37.7 Å². The number of carbonyl (C=O) groups is 1. The monoisotopic (exact) mass is 607 g/mol. The standard InChI is InChI=1S/C35H41N7O3/c1-4-45-33-8-6-5-7-31(33)26-11-14-32-28(21-26)22-27(15-18-42(32)24-34-37-38-39-41(34)3)35(43)36-29-12-9-25(10-13-29)23-40(2)30-16-19-44-20-17-30/h5-14,21-22,30H,4,15-20,23-24H2,1-3H3,(H,36,43). The van der Waals surface area contributed by atoms with Crippen molar-refractivity contribution in [3.05, 3.63) is 89.3 Å². The normalized spacial score (nSPS) is 15.4. The average Bonchev–Trinajstić information content (AvgIpc) is 3.38. The molecule has 1 fully saturated rings. The molecule has 0 atom stereocenters. The third kappa shape index (κ3) is 7.24. The Morgan fingerprint density at radius 2 is 1.89 bits per heavy atom. The molecule has 1 aromatic heterocycles.